The van der Waals surface area contributed by atoms with Crippen molar-refractivity contribution in [3.05, 3.63) is 23.8 Å². The van der Waals surface area contributed by atoms with E-state index < -0.39 is 12.1 Å². The Morgan fingerprint density at radius 1 is 1.25 bits per heavy atom. The number of rotatable bonds is 2. The summed E-state index contributed by atoms with van der Waals surface area (Å²) in [4.78, 5) is 0. The summed E-state index contributed by atoms with van der Waals surface area (Å²) in [7, 11) is 0. The van der Waals surface area contributed by atoms with Gasteiger partial charge < -0.3 is 0 Å². The van der Waals surface area contributed by atoms with Crippen molar-refractivity contribution in [2.24, 2.45) is 5.92 Å². The molecule has 0 nitrogen and oxygen atoms in total. The minimum atomic E-state index is -4.14. The second-order valence-corrected chi connectivity index (χ2v) is 2.55. The van der Waals surface area contributed by atoms with Crippen LogP contribution >= 0.6 is 0 Å². The maximum absolute atomic E-state index is 12.1. The number of hydrogen-bond donors (Lipinski definition) is 0. The topological polar surface area (TPSA) is 0 Å². The van der Waals surface area contributed by atoms with Gasteiger partial charge in [0.15, 0.2) is 0 Å². The molecule has 0 bridgehead atoms. The van der Waals surface area contributed by atoms with E-state index >= 15 is 0 Å². The monoisotopic (exact) mass is 178 g/mol. The third kappa shape index (κ3) is 3.11. The first-order valence-corrected chi connectivity index (χ1v) is 3.79. The average Bonchev–Trinajstić information content (AvgIpc) is 1.97. The molecule has 0 fully saturated rings. The lowest BCUT2D eigenvalue weighted by Gasteiger charge is -2.16. The van der Waals surface area contributed by atoms with Crippen LogP contribution in [-0.2, 0) is 0 Å². The van der Waals surface area contributed by atoms with Crippen LogP contribution in [0.5, 0.6) is 0 Å². The Labute approximate surface area is 70.8 Å². The van der Waals surface area contributed by atoms with E-state index in [0.717, 1.165) is 6.92 Å². The van der Waals surface area contributed by atoms with Gasteiger partial charge in [-0.1, -0.05) is 18.2 Å². The molecule has 12 heavy (non-hydrogen) atoms. The lowest BCUT2D eigenvalue weighted by Crippen LogP contribution is -2.20. The highest BCUT2D eigenvalue weighted by Crippen LogP contribution is 2.31. The molecule has 0 aromatic heterocycles. The molecule has 3 heteroatoms. The highest BCUT2D eigenvalue weighted by Gasteiger charge is 2.37. The molecule has 0 saturated heterocycles. The van der Waals surface area contributed by atoms with Gasteiger partial charge in [0.25, 0.3) is 0 Å². The summed E-state index contributed by atoms with van der Waals surface area (Å²) in [6.45, 7) is 4.47. The largest absolute Gasteiger partial charge is 0.395 e. The predicted molar refractivity (Wildman–Crippen MR) is 43.8 cm³/mol. The van der Waals surface area contributed by atoms with E-state index in [2.05, 4.69) is 0 Å². The van der Waals surface area contributed by atoms with Crippen LogP contribution in [0.2, 0.25) is 0 Å². The van der Waals surface area contributed by atoms with Crippen molar-refractivity contribution in [1.82, 2.24) is 0 Å². The molecule has 0 aromatic rings. The quantitative estimate of drug-likeness (QED) is 0.565. The van der Waals surface area contributed by atoms with Crippen LogP contribution in [0, 0.1) is 5.92 Å². The molecular formula is C9H13F3. The molecule has 0 amide bonds. The second-order valence-electron chi connectivity index (χ2n) is 2.55. The normalized spacial score (nSPS) is 17.0. The van der Waals surface area contributed by atoms with Gasteiger partial charge in [0, 0.05) is 0 Å². The maximum Gasteiger partial charge on any atom is 0.395 e. The van der Waals surface area contributed by atoms with E-state index in [1.165, 1.54) is 12.2 Å². The Morgan fingerprint density at radius 3 is 2.00 bits per heavy atom. The maximum atomic E-state index is 12.1. The number of halogens is 3. The van der Waals surface area contributed by atoms with Crippen molar-refractivity contribution in [2.75, 3.05) is 0 Å². The fourth-order valence-corrected chi connectivity index (χ4v) is 0.872. The zero-order valence-electron chi connectivity index (χ0n) is 7.44. The molecule has 0 saturated carbocycles. The third-order valence-corrected chi connectivity index (χ3v) is 1.68. The van der Waals surface area contributed by atoms with Crippen LogP contribution in [0.4, 0.5) is 13.2 Å². The van der Waals surface area contributed by atoms with Crippen LogP contribution < -0.4 is 0 Å². The van der Waals surface area contributed by atoms with Gasteiger partial charge in [0.2, 0.25) is 0 Å². The van der Waals surface area contributed by atoms with Gasteiger partial charge in [0.05, 0.1) is 5.92 Å². The van der Waals surface area contributed by atoms with Crippen molar-refractivity contribution in [3.8, 4) is 0 Å². The van der Waals surface area contributed by atoms with Gasteiger partial charge in [-0.3, -0.25) is 0 Å². The molecule has 1 atom stereocenters. The van der Waals surface area contributed by atoms with E-state index in [4.69, 9.17) is 0 Å². The zero-order chi connectivity index (χ0) is 9.78. The number of alkyl halides is 3. The van der Waals surface area contributed by atoms with E-state index in [1.807, 2.05) is 0 Å². The second kappa shape index (κ2) is 4.33. The summed E-state index contributed by atoms with van der Waals surface area (Å²) < 4.78 is 36.4. The van der Waals surface area contributed by atoms with Crippen molar-refractivity contribution in [1.29, 1.82) is 0 Å². The molecule has 0 rings (SSSR count). The summed E-state index contributed by atoms with van der Waals surface area (Å²) in [5.74, 6) is -1.38. The Bertz CT molecular complexity index is 186. The molecular weight excluding hydrogens is 165 g/mol. The zero-order valence-corrected chi connectivity index (χ0v) is 7.44. The number of hydrogen-bond acceptors (Lipinski definition) is 0. The molecule has 1 unspecified atom stereocenters. The minimum Gasteiger partial charge on any atom is -0.170 e. The summed E-state index contributed by atoms with van der Waals surface area (Å²) in [6.07, 6.45) is 0.440. The predicted octanol–water partition coefficient (Wildman–Crippen LogP) is 3.71. The van der Waals surface area contributed by atoms with Gasteiger partial charge in [-0.25, -0.2) is 0 Å². The first kappa shape index (κ1) is 11.3. The lowest BCUT2D eigenvalue weighted by atomic mass is 10.0. The first-order chi connectivity index (χ1) is 5.43. The van der Waals surface area contributed by atoms with Crippen LogP contribution in [0.1, 0.15) is 20.8 Å². The van der Waals surface area contributed by atoms with Crippen molar-refractivity contribution < 1.29 is 13.2 Å². The molecule has 0 heterocycles. The van der Waals surface area contributed by atoms with Crippen molar-refractivity contribution in [3.63, 3.8) is 0 Å². The van der Waals surface area contributed by atoms with Crippen LogP contribution in [0.3, 0.4) is 0 Å². The van der Waals surface area contributed by atoms with Crippen LogP contribution in [-0.4, -0.2) is 6.18 Å². The Morgan fingerprint density at radius 2 is 1.75 bits per heavy atom. The van der Waals surface area contributed by atoms with Crippen molar-refractivity contribution in [2.45, 2.75) is 26.9 Å². The summed E-state index contributed by atoms with van der Waals surface area (Å²) in [5, 5.41) is 0. The highest BCUT2D eigenvalue weighted by molar-refractivity contribution is 5.21. The molecule has 0 radical (unpaired) electrons. The van der Waals surface area contributed by atoms with Gasteiger partial charge in [-0.15, -0.1) is 0 Å². The van der Waals surface area contributed by atoms with Gasteiger partial charge in [-0.2, -0.15) is 13.2 Å². The molecule has 70 valence electrons. The van der Waals surface area contributed by atoms with E-state index in [-0.39, 0.29) is 0 Å². The molecule has 0 aromatic carbocycles. The lowest BCUT2D eigenvalue weighted by molar-refractivity contribution is -0.158. The number of allylic oxidation sites excluding steroid dienone is 4. The Hall–Kier alpha value is -0.730. The average molecular weight is 178 g/mol. The summed E-state index contributed by atoms with van der Waals surface area (Å²) in [6, 6.07) is 0. The van der Waals surface area contributed by atoms with Gasteiger partial charge >= 0.3 is 6.18 Å². The van der Waals surface area contributed by atoms with E-state index in [0.29, 0.717) is 5.57 Å². The molecule has 0 aliphatic rings. The fraction of sp³-hybridized carbons (Fsp3) is 0.556. The first-order valence-electron chi connectivity index (χ1n) is 3.79. The van der Waals surface area contributed by atoms with Crippen LogP contribution in [0.25, 0.3) is 0 Å². The van der Waals surface area contributed by atoms with Gasteiger partial charge in [-0.05, 0) is 26.3 Å². The summed E-state index contributed by atoms with van der Waals surface area (Å²) >= 11 is 0. The Kier molecular flexibility index (Phi) is 4.07. The molecule has 0 aliphatic carbocycles. The van der Waals surface area contributed by atoms with Crippen LogP contribution in [0.15, 0.2) is 23.8 Å². The SMILES string of the molecule is CC=CC(=CC)C(C)C(F)(F)F. The standard InChI is InChI=1S/C9H13F3/c1-4-6-8(5-2)7(3)9(10,11)12/h4-7H,1-3H3. The molecule has 0 N–H and O–H groups in total. The third-order valence-electron chi connectivity index (χ3n) is 1.68. The molecule has 0 aliphatic heterocycles. The smallest absolute Gasteiger partial charge is 0.170 e. The highest BCUT2D eigenvalue weighted by atomic mass is 19.4. The molecule has 0 spiro atoms. The van der Waals surface area contributed by atoms with E-state index in [1.54, 1.807) is 19.9 Å². The van der Waals surface area contributed by atoms with E-state index in [9.17, 15) is 13.2 Å². The minimum absolute atomic E-state index is 0.310. The fourth-order valence-electron chi connectivity index (χ4n) is 0.872. The Balaban J connectivity index is 4.55. The van der Waals surface area contributed by atoms with Gasteiger partial charge in [0.1, 0.15) is 0 Å². The van der Waals surface area contributed by atoms with Crippen molar-refractivity contribution >= 4 is 0 Å². The summed E-state index contributed by atoms with van der Waals surface area (Å²) in [5.41, 5.74) is 0.310.